The molecule has 0 radical (unpaired) electrons. The highest BCUT2D eigenvalue weighted by Crippen LogP contribution is 2.35. The number of rotatable bonds is 5. The van der Waals surface area contributed by atoms with Crippen molar-refractivity contribution in [1.29, 1.82) is 0 Å². The van der Waals surface area contributed by atoms with Crippen LogP contribution in [0.4, 0.5) is 30.6 Å². The quantitative estimate of drug-likeness (QED) is 0.531. The Labute approximate surface area is 190 Å². The molecule has 0 aliphatic carbocycles. The Kier molecular flexibility index (Phi) is 6.29. The molecule has 1 aliphatic heterocycles. The van der Waals surface area contributed by atoms with E-state index in [1.807, 2.05) is 20.2 Å². The molecule has 1 aliphatic rings. The van der Waals surface area contributed by atoms with Crippen LogP contribution in [0.3, 0.4) is 0 Å². The minimum atomic E-state index is -4.48. The molecule has 0 spiro atoms. The van der Waals surface area contributed by atoms with Crippen LogP contribution in [0, 0.1) is 0 Å². The van der Waals surface area contributed by atoms with Gasteiger partial charge < -0.3 is 20.7 Å². The summed E-state index contributed by atoms with van der Waals surface area (Å²) in [6.45, 7) is 3.16. The molecule has 33 heavy (non-hydrogen) atoms. The summed E-state index contributed by atoms with van der Waals surface area (Å²) in [5.41, 5.74) is 7.05. The minimum Gasteiger partial charge on any atom is -0.399 e. The molecule has 1 fully saturated rings. The third kappa shape index (κ3) is 5.11. The number of nitrogens with one attached hydrogen (secondary N) is 1. The van der Waals surface area contributed by atoms with Gasteiger partial charge in [0, 0.05) is 50.0 Å². The number of aromatic nitrogens is 3. The molecule has 1 atom stereocenters. The maximum absolute atomic E-state index is 13.3. The summed E-state index contributed by atoms with van der Waals surface area (Å²) in [7, 11) is 3.65. The molecule has 1 aromatic carbocycles. The van der Waals surface area contributed by atoms with Gasteiger partial charge in [0.05, 0.1) is 23.3 Å². The Balaban J connectivity index is 1.74. The van der Waals surface area contributed by atoms with E-state index in [9.17, 15) is 13.2 Å². The van der Waals surface area contributed by atoms with E-state index in [2.05, 4.69) is 20.3 Å². The monoisotopic (exact) mass is 460 g/mol. The second-order valence-electron chi connectivity index (χ2n) is 8.53. The molecule has 0 amide bonds. The number of nitrogens with zero attached hydrogens (tertiary/aromatic N) is 4. The zero-order valence-electron chi connectivity index (χ0n) is 18.8. The molecule has 1 saturated heterocycles. The van der Waals surface area contributed by atoms with Gasteiger partial charge in [-0.05, 0) is 49.6 Å². The topological polar surface area (TPSA) is 89.2 Å². The molecular weight excluding hydrogens is 433 g/mol. The van der Waals surface area contributed by atoms with E-state index in [4.69, 9.17) is 10.5 Å². The normalized spacial score (nSPS) is 16.1. The van der Waals surface area contributed by atoms with Crippen molar-refractivity contribution in [2.45, 2.75) is 37.9 Å². The lowest BCUT2D eigenvalue weighted by Crippen LogP contribution is -2.17. The molecule has 3 aromatic rings. The van der Waals surface area contributed by atoms with Gasteiger partial charge in [-0.15, -0.1) is 0 Å². The largest absolute Gasteiger partial charge is 0.416 e. The average molecular weight is 461 g/mol. The Bertz CT molecular complexity index is 1140. The first-order valence-electron chi connectivity index (χ1n) is 10.8. The highest BCUT2D eigenvalue weighted by atomic mass is 19.4. The van der Waals surface area contributed by atoms with E-state index < -0.39 is 17.8 Å². The van der Waals surface area contributed by atoms with Gasteiger partial charge in [0.1, 0.15) is 5.82 Å². The van der Waals surface area contributed by atoms with E-state index in [0.29, 0.717) is 36.1 Å². The van der Waals surface area contributed by atoms with Crippen LogP contribution in [0.25, 0.3) is 10.9 Å². The van der Waals surface area contributed by atoms with E-state index in [-0.39, 0.29) is 11.6 Å². The van der Waals surface area contributed by atoms with Crippen LogP contribution in [-0.4, -0.2) is 42.3 Å². The maximum Gasteiger partial charge on any atom is 0.416 e. The fourth-order valence-electron chi connectivity index (χ4n) is 3.94. The standard InChI is InChI=1S/C23H27F3N6O/c1-13(15-8-16(23(24,25)26)10-17(27)9-15)29-21-18-11-19(14-4-6-33-7-5-14)28-12-20(18)30-22(31-21)32(2)3/h8-14H,4-7,27H2,1-3H3,(H,29,30,31). The van der Waals surface area contributed by atoms with Crippen molar-refractivity contribution in [3.8, 4) is 0 Å². The van der Waals surface area contributed by atoms with E-state index in [1.165, 1.54) is 6.07 Å². The van der Waals surface area contributed by atoms with Gasteiger partial charge >= 0.3 is 6.18 Å². The fourth-order valence-corrected chi connectivity index (χ4v) is 3.94. The predicted molar refractivity (Wildman–Crippen MR) is 122 cm³/mol. The van der Waals surface area contributed by atoms with Crippen LogP contribution in [0.1, 0.15) is 48.5 Å². The van der Waals surface area contributed by atoms with E-state index in [1.54, 1.807) is 18.0 Å². The van der Waals surface area contributed by atoms with Crippen LogP contribution in [0.2, 0.25) is 0 Å². The summed E-state index contributed by atoms with van der Waals surface area (Å²) in [5.74, 6) is 1.29. The van der Waals surface area contributed by atoms with Crippen molar-refractivity contribution in [2.24, 2.45) is 0 Å². The average Bonchev–Trinajstić information content (AvgIpc) is 2.78. The van der Waals surface area contributed by atoms with Gasteiger partial charge in [-0.25, -0.2) is 4.98 Å². The smallest absolute Gasteiger partial charge is 0.399 e. The van der Waals surface area contributed by atoms with Gasteiger partial charge in [-0.3, -0.25) is 4.98 Å². The number of benzene rings is 1. The lowest BCUT2D eigenvalue weighted by atomic mass is 9.95. The lowest BCUT2D eigenvalue weighted by molar-refractivity contribution is -0.137. The van der Waals surface area contributed by atoms with Gasteiger partial charge in [0.2, 0.25) is 5.95 Å². The van der Waals surface area contributed by atoms with Gasteiger partial charge in [-0.1, -0.05) is 0 Å². The number of hydrogen-bond donors (Lipinski definition) is 2. The Morgan fingerprint density at radius 2 is 1.85 bits per heavy atom. The zero-order chi connectivity index (χ0) is 23.8. The van der Waals surface area contributed by atoms with Gasteiger partial charge in [-0.2, -0.15) is 18.2 Å². The van der Waals surface area contributed by atoms with Crippen molar-refractivity contribution < 1.29 is 17.9 Å². The first-order valence-corrected chi connectivity index (χ1v) is 10.8. The highest BCUT2D eigenvalue weighted by Gasteiger charge is 2.31. The molecule has 0 saturated carbocycles. The highest BCUT2D eigenvalue weighted by molar-refractivity contribution is 5.90. The number of ether oxygens (including phenoxy) is 1. The van der Waals surface area contributed by atoms with Gasteiger partial charge in [0.25, 0.3) is 0 Å². The van der Waals surface area contributed by atoms with Crippen LogP contribution in [0.5, 0.6) is 0 Å². The summed E-state index contributed by atoms with van der Waals surface area (Å²) in [4.78, 5) is 15.6. The number of alkyl halides is 3. The van der Waals surface area contributed by atoms with Crippen molar-refractivity contribution in [2.75, 3.05) is 43.3 Å². The molecule has 4 rings (SSSR count). The lowest BCUT2D eigenvalue weighted by Gasteiger charge is -2.23. The third-order valence-corrected chi connectivity index (χ3v) is 5.79. The maximum atomic E-state index is 13.3. The summed E-state index contributed by atoms with van der Waals surface area (Å²) in [6.07, 6.45) is -0.976. The zero-order valence-corrected chi connectivity index (χ0v) is 18.8. The molecule has 1 unspecified atom stereocenters. The number of pyridine rings is 1. The molecular formula is C23H27F3N6O. The van der Waals surface area contributed by atoms with Crippen molar-refractivity contribution in [3.05, 3.63) is 47.3 Å². The Hall–Kier alpha value is -3.14. The number of nitrogen functional groups attached to an aromatic ring is 1. The molecule has 0 bridgehead atoms. The molecule has 3 heterocycles. The molecule has 2 aromatic heterocycles. The number of anilines is 3. The van der Waals surface area contributed by atoms with Crippen LogP contribution in [0.15, 0.2) is 30.5 Å². The van der Waals surface area contributed by atoms with E-state index >= 15 is 0 Å². The number of fused-ring (bicyclic) bond motifs is 1. The molecule has 3 N–H and O–H groups in total. The van der Waals surface area contributed by atoms with Crippen LogP contribution < -0.4 is 16.0 Å². The second kappa shape index (κ2) is 9.01. The van der Waals surface area contributed by atoms with Crippen LogP contribution in [-0.2, 0) is 10.9 Å². The second-order valence-corrected chi connectivity index (χ2v) is 8.53. The third-order valence-electron chi connectivity index (χ3n) is 5.79. The minimum absolute atomic E-state index is 0.0565. The summed E-state index contributed by atoms with van der Waals surface area (Å²) >= 11 is 0. The first-order chi connectivity index (χ1) is 15.6. The summed E-state index contributed by atoms with van der Waals surface area (Å²) in [5, 5.41) is 4.05. The van der Waals surface area contributed by atoms with Gasteiger partial charge in [0.15, 0.2) is 0 Å². The van der Waals surface area contributed by atoms with Crippen molar-refractivity contribution in [3.63, 3.8) is 0 Å². The predicted octanol–water partition coefficient (Wildman–Crippen LogP) is 4.76. The van der Waals surface area contributed by atoms with Crippen molar-refractivity contribution >= 4 is 28.4 Å². The molecule has 176 valence electrons. The number of halogens is 3. The van der Waals surface area contributed by atoms with E-state index in [0.717, 1.165) is 36.1 Å². The molecule has 10 heteroatoms. The molecule has 7 nitrogen and oxygen atoms in total. The number of nitrogens with two attached hydrogens (primary N) is 1. The number of hydrogen-bond acceptors (Lipinski definition) is 7. The van der Waals surface area contributed by atoms with Crippen LogP contribution >= 0.6 is 0 Å². The SMILES string of the molecule is CC(Nc1nc(N(C)C)nc2cnc(C3CCOCC3)cc12)c1cc(N)cc(C(F)(F)F)c1. The Morgan fingerprint density at radius 1 is 1.12 bits per heavy atom. The van der Waals surface area contributed by atoms with Crippen molar-refractivity contribution in [1.82, 2.24) is 15.0 Å². The summed E-state index contributed by atoms with van der Waals surface area (Å²) < 4.78 is 45.3. The Morgan fingerprint density at radius 3 is 2.52 bits per heavy atom. The summed E-state index contributed by atoms with van der Waals surface area (Å²) in [6, 6.07) is 5.08. The fraction of sp³-hybridized carbons (Fsp3) is 0.435. The first kappa shape index (κ1) is 23.0.